The SMILES string of the molecule is O=C(O)C1(F)C(F)=Cc2cc(Oc3ccc(OC(F)(F)F)cc3)ccc21. The van der Waals surface area contributed by atoms with Crippen molar-refractivity contribution in [3.63, 3.8) is 0 Å². The van der Waals surface area contributed by atoms with Crippen LogP contribution in [0, 0.1) is 0 Å². The van der Waals surface area contributed by atoms with Gasteiger partial charge in [-0.15, -0.1) is 13.2 Å². The highest BCUT2D eigenvalue weighted by Crippen LogP contribution is 2.45. The van der Waals surface area contributed by atoms with Crippen molar-refractivity contribution in [3.8, 4) is 17.2 Å². The summed E-state index contributed by atoms with van der Waals surface area (Å²) in [6.07, 6.45) is -4.07. The van der Waals surface area contributed by atoms with Gasteiger partial charge in [0.05, 0.1) is 0 Å². The Labute approximate surface area is 143 Å². The molecule has 26 heavy (non-hydrogen) atoms. The van der Waals surface area contributed by atoms with Gasteiger partial charge in [-0.05, 0) is 48.0 Å². The minimum Gasteiger partial charge on any atom is -0.478 e. The molecule has 1 aliphatic rings. The molecule has 0 saturated carbocycles. The van der Waals surface area contributed by atoms with Gasteiger partial charge < -0.3 is 14.6 Å². The van der Waals surface area contributed by atoms with Crippen LogP contribution < -0.4 is 9.47 Å². The highest BCUT2D eigenvalue weighted by atomic mass is 19.4. The van der Waals surface area contributed by atoms with Gasteiger partial charge in [0, 0.05) is 5.56 Å². The van der Waals surface area contributed by atoms with E-state index in [0.29, 0.717) is 0 Å². The molecule has 0 fully saturated rings. The Balaban J connectivity index is 1.81. The highest BCUT2D eigenvalue weighted by molar-refractivity contribution is 5.90. The van der Waals surface area contributed by atoms with Crippen molar-refractivity contribution in [2.45, 2.75) is 12.0 Å². The number of hydrogen-bond acceptors (Lipinski definition) is 3. The molecular formula is C17H9F5O4. The van der Waals surface area contributed by atoms with E-state index in [1.54, 1.807) is 0 Å². The summed E-state index contributed by atoms with van der Waals surface area (Å²) in [7, 11) is 0. The lowest BCUT2D eigenvalue weighted by molar-refractivity contribution is -0.274. The number of carboxylic acids is 1. The predicted octanol–water partition coefficient (Wildman–Crippen LogP) is 4.95. The highest BCUT2D eigenvalue weighted by Gasteiger charge is 2.50. The summed E-state index contributed by atoms with van der Waals surface area (Å²) in [6.45, 7) is 0. The molecule has 3 rings (SSSR count). The standard InChI is InChI=1S/C17H9F5O4/c18-14-8-9-7-12(5-6-13(9)16(14,19)15(23)24)25-10-1-3-11(4-2-10)26-17(20,21)22/h1-8H,(H,23,24). The summed E-state index contributed by atoms with van der Waals surface area (Å²) in [5.41, 5.74) is -3.63. The molecule has 1 unspecified atom stereocenters. The first-order chi connectivity index (χ1) is 12.1. The summed E-state index contributed by atoms with van der Waals surface area (Å²) < 4.78 is 73.5. The number of fused-ring (bicyclic) bond motifs is 1. The molecule has 1 aliphatic carbocycles. The largest absolute Gasteiger partial charge is 0.573 e. The minimum atomic E-state index is -4.82. The van der Waals surface area contributed by atoms with Crippen LogP contribution in [-0.4, -0.2) is 17.4 Å². The monoisotopic (exact) mass is 372 g/mol. The van der Waals surface area contributed by atoms with Gasteiger partial charge in [0.2, 0.25) is 0 Å². The van der Waals surface area contributed by atoms with Gasteiger partial charge in [0.1, 0.15) is 17.2 Å². The molecule has 0 spiro atoms. The second-order valence-corrected chi connectivity index (χ2v) is 5.33. The number of hydrogen-bond donors (Lipinski definition) is 1. The molecule has 0 aliphatic heterocycles. The van der Waals surface area contributed by atoms with E-state index < -0.39 is 29.6 Å². The van der Waals surface area contributed by atoms with Crippen molar-refractivity contribution >= 4 is 12.0 Å². The van der Waals surface area contributed by atoms with Gasteiger partial charge in [0.25, 0.3) is 5.67 Å². The van der Waals surface area contributed by atoms with E-state index in [1.807, 2.05) is 0 Å². The average molecular weight is 372 g/mol. The lowest BCUT2D eigenvalue weighted by Crippen LogP contribution is -2.29. The fourth-order valence-electron chi connectivity index (χ4n) is 2.46. The molecule has 0 radical (unpaired) electrons. The maximum absolute atomic E-state index is 14.4. The summed E-state index contributed by atoms with van der Waals surface area (Å²) in [5, 5.41) is 8.92. The maximum Gasteiger partial charge on any atom is 0.573 e. The second kappa shape index (κ2) is 6.01. The van der Waals surface area contributed by atoms with E-state index in [1.165, 1.54) is 24.3 Å². The second-order valence-electron chi connectivity index (χ2n) is 5.33. The molecule has 0 bridgehead atoms. The first-order valence-electron chi connectivity index (χ1n) is 7.08. The van der Waals surface area contributed by atoms with Crippen LogP contribution in [0.4, 0.5) is 22.0 Å². The summed E-state index contributed by atoms with van der Waals surface area (Å²) in [6, 6.07) is 8.01. The topological polar surface area (TPSA) is 55.8 Å². The number of rotatable bonds is 4. The zero-order chi connectivity index (χ0) is 19.1. The van der Waals surface area contributed by atoms with Crippen LogP contribution in [0.2, 0.25) is 0 Å². The van der Waals surface area contributed by atoms with E-state index in [9.17, 15) is 26.7 Å². The Bertz CT molecular complexity index is 889. The Morgan fingerprint density at radius 2 is 1.58 bits per heavy atom. The third-order valence-electron chi connectivity index (χ3n) is 3.59. The zero-order valence-corrected chi connectivity index (χ0v) is 12.7. The van der Waals surface area contributed by atoms with E-state index in [4.69, 9.17) is 9.84 Å². The predicted molar refractivity (Wildman–Crippen MR) is 79.1 cm³/mol. The van der Waals surface area contributed by atoms with Gasteiger partial charge in [-0.25, -0.2) is 13.6 Å². The normalized spacial score (nSPS) is 18.9. The van der Waals surface area contributed by atoms with Crippen molar-refractivity contribution in [1.29, 1.82) is 0 Å². The summed E-state index contributed by atoms with van der Waals surface area (Å²) in [4.78, 5) is 11.0. The molecule has 0 amide bonds. The van der Waals surface area contributed by atoms with Crippen LogP contribution in [-0.2, 0) is 10.5 Å². The Kier molecular flexibility index (Phi) is 4.09. The van der Waals surface area contributed by atoms with Crippen LogP contribution >= 0.6 is 0 Å². The van der Waals surface area contributed by atoms with Crippen LogP contribution in [0.5, 0.6) is 17.2 Å². The molecule has 0 aromatic heterocycles. The zero-order valence-electron chi connectivity index (χ0n) is 12.7. The van der Waals surface area contributed by atoms with Crippen LogP contribution in [0.3, 0.4) is 0 Å². The molecular weight excluding hydrogens is 363 g/mol. The average Bonchev–Trinajstić information content (AvgIpc) is 2.80. The van der Waals surface area contributed by atoms with Gasteiger partial charge in [-0.3, -0.25) is 0 Å². The summed E-state index contributed by atoms with van der Waals surface area (Å²) >= 11 is 0. The van der Waals surface area contributed by atoms with E-state index in [2.05, 4.69) is 4.74 Å². The van der Waals surface area contributed by atoms with E-state index >= 15 is 0 Å². The molecule has 1 atom stereocenters. The molecule has 0 heterocycles. The summed E-state index contributed by atoms with van der Waals surface area (Å²) in [5.74, 6) is -3.60. The third-order valence-corrected chi connectivity index (χ3v) is 3.59. The number of aliphatic carboxylic acids is 1. The van der Waals surface area contributed by atoms with Crippen LogP contribution in [0.25, 0.3) is 6.08 Å². The smallest absolute Gasteiger partial charge is 0.478 e. The molecule has 0 saturated heterocycles. The van der Waals surface area contributed by atoms with E-state index in [0.717, 1.165) is 24.3 Å². The molecule has 4 nitrogen and oxygen atoms in total. The Morgan fingerprint density at radius 1 is 1.00 bits per heavy atom. The Hall–Kier alpha value is -3.10. The number of ether oxygens (including phenoxy) is 2. The van der Waals surface area contributed by atoms with Gasteiger partial charge in [-0.1, -0.05) is 6.07 Å². The molecule has 1 N–H and O–H groups in total. The number of benzene rings is 2. The van der Waals surface area contributed by atoms with E-state index in [-0.39, 0.29) is 22.6 Å². The minimum absolute atomic E-state index is 0.0121. The van der Waals surface area contributed by atoms with Crippen molar-refractivity contribution in [2.24, 2.45) is 0 Å². The fourth-order valence-corrected chi connectivity index (χ4v) is 2.46. The van der Waals surface area contributed by atoms with Crippen molar-refractivity contribution in [3.05, 3.63) is 59.4 Å². The van der Waals surface area contributed by atoms with Crippen LogP contribution in [0.1, 0.15) is 11.1 Å². The molecule has 2 aromatic rings. The number of carboxylic acid groups (broad SMARTS) is 1. The van der Waals surface area contributed by atoms with Crippen molar-refractivity contribution < 1.29 is 41.3 Å². The lowest BCUT2D eigenvalue weighted by Gasteiger charge is -2.16. The Morgan fingerprint density at radius 3 is 2.15 bits per heavy atom. The van der Waals surface area contributed by atoms with Crippen molar-refractivity contribution in [1.82, 2.24) is 0 Å². The number of carbonyl (C=O) groups is 1. The first-order valence-corrected chi connectivity index (χ1v) is 7.08. The molecule has 136 valence electrons. The van der Waals surface area contributed by atoms with Crippen LogP contribution in [0.15, 0.2) is 48.3 Å². The third kappa shape index (κ3) is 3.19. The van der Waals surface area contributed by atoms with Gasteiger partial charge in [0.15, 0.2) is 5.83 Å². The molecule has 2 aromatic carbocycles. The van der Waals surface area contributed by atoms with Gasteiger partial charge in [-0.2, -0.15) is 0 Å². The fraction of sp³-hybridized carbons (Fsp3) is 0.118. The van der Waals surface area contributed by atoms with Crippen molar-refractivity contribution in [2.75, 3.05) is 0 Å². The number of alkyl halides is 4. The number of halogens is 5. The first kappa shape index (κ1) is 17.7. The maximum atomic E-state index is 14.4. The van der Waals surface area contributed by atoms with Gasteiger partial charge >= 0.3 is 12.3 Å². The molecule has 9 heteroatoms. The lowest BCUT2D eigenvalue weighted by atomic mass is 9.97. The quantitative estimate of drug-likeness (QED) is 0.772.